The van der Waals surface area contributed by atoms with Gasteiger partial charge in [-0.1, -0.05) is 70.2 Å². The molecule has 1 aromatic heterocycles. The molecule has 0 unspecified atom stereocenters. The molecule has 100 valence electrons. The zero-order valence-electron chi connectivity index (χ0n) is 4.83. The van der Waals surface area contributed by atoms with E-state index >= 15 is 0 Å². The first kappa shape index (κ1) is 36.5. The van der Waals surface area contributed by atoms with Crippen LogP contribution in [0.3, 0.4) is 0 Å². The Labute approximate surface area is 104 Å². The minimum absolute atomic E-state index is 0. The summed E-state index contributed by atoms with van der Waals surface area (Å²) in [6.07, 6.45) is 1.81. The molecule has 0 amide bonds. The van der Waals surface area contributed by atoms with E-state index < -0.39 is 0 Å². The van der Waals surface area contributed by atoms with Crippen LogP contribution in [0.1, 0.15) is 52.0 Å². The standard InChI is InChI=1S/C7H6N2.7CH4/c1-2-4-7-6(3-1)5-8-9-7;;;;;;;/h1-5H,(H,8,9);7*1H4. The van der Waals surface area contributed by atoms with Gasteiger partial charge in [0.15, 0.2) is 0 Å². The van der Waals surface area contributed by atoms with Gasteiger partial charge in [-0.15, -0.1) is 0 Å². The van der Waals surface area contributed by atoms with Gasteiger partial charge in [-0.25, -0.2) is 0 Å². The van der Waals surface area contributed by atoms with E-state index in [0.29, 0.717) is 0 Å². The van der Waals surface area contributed by atoms with Gasteiger partial charge in [0.1, 0.15) is 0 Å². The number of aromatic amines is 1. The van der Waals surface area contributed by atoms with Crippen LogP contribution >= 0.6 is 0 Å². The van der Waals surface area contributed by atoms with Crippen molar-refractivity contribution < 1.29 is 0 Å². The second kappa shape index (κ2) is 16.1. The fourth-order valence-electron chi connectivity index (χ4n) is 0.883. The first-order chi connectivity index (χ1) is 4.47. The van der Waals surface area contributed by atoms with Gasteiger partial charge in [-0.3, -0.25) is 5.10 Å². The highest BCUT2D eigenvalue weighted by molar-refractivity contribution is 5.77. The van der Waals surface area contributed by atoms with Gasteiger partial charge >= 0.3 is 0 Å². The van der Waals surface area contributed by atoms with Crippen molar-refractivity contribution in [3.05, 3.63) is 30.5 Å². The Morgan fingerprint density at radius 2 is 1.25 bits per heavy atom. The molecular formula is C14H34N2. The van der Waals surface area contributed by atoms with Crippen LogP contribution in [0.25, 0.3) is 10.9 Å². The number of rotatable bonds is 0. The molecule has 0 saturated carbocycles. The maximum absolute atomic E-state index is 3.88. The summed E-state index contributed by atoms with van der Waals surface area (Å²) < 4.78 is 0. The van der Waals surface area contributed by atoms with Crippen molar-refractivity contribution in [2.75, 3.05) is 0 Å². The largest absolute Gasteiger partial charge is 0.278 e. The number of aromatic nitrogens is 2. The van der Waals surface area contributed by atoms with Crippen LogP contribution in [0.15, 0.2) is 30.5 Å². The first-order valence-corrected chi connectivity index (χ1v) is 2.85. The molecule has 2 rings (SSSR count). The smallest absolute Gasteiger partial charge is 0.0650 e. The number of H-pyrrole nitrogens is 1. The number of benzene rings is 1. The lowest BCUT2D eigenvalue weighted by Crippen LogP contribution is -1.63. The zero-order chi connectivity index (χ0) is 6.10. The van der Waals surface area contributed by atoms with E-state index in [2.05, 4.69) is 10.2 Å². The molecule has 0 fully saturated rings. The average molecular weight is 230 g/mol. The highest BCUT2D eigenvalue weighted by Crippen LogP contribution is 2.06. The average Bonchev–Trinajstić information content (AvgIpc) is 2.33. The molecular weight excluding hydrogens is 196 g/mol. The first-order valence-electron chi connectivity index (χ1n) is 2.85. The van der Waals surface area contributed by atoms with Gasteiger partial charge < -0.3 is 0 Å². The number of nitrogens with one attached hydrogen (secondary N) is 1. The summed E-state index contributed by atoms with van der Waals surface area (Å²) >= 11 is 0. The predicted molar refractivity (Wildman–Crippen MR) is 83.2 cm³/mol. The summed E-state index contributed by atoms with van der Waals surface area (Å²) in [6, 6.07) is 8.01. The molecule has 0 aliphatic heterocycles. The van der Waals surface area contributed by atoms with E-state index in [9.17, 15) is 0 Å². The Morgan fingerprint density at radius 3 is 1.75 bits per heavy atom. The number of hydrogen-bond donors (Lipinski definition) is 1. The van der Waals surface area contributed by atoms with E-state index in [4.69, 9.17) is 0 Å². The molecule has 0 saturated heterocycles. The summed E-state index contributed by atoms with van der Waals surface area (Å²) in [5.41, 5.74) is 1.09. The Balaban J connectivity index is -0.0000000357. The number of hydrogen-bond acceptors (Lipinski definition) is 1. The Kier molecular flexibility index (Phi) is 36.8. The molecule has 2 aromatic rings. The van der Waals surface area contributed by atoms with Crippen LogP contribution in [-0.2, 0) is 0 Å². The van der Waals surface area contributed by atoms with Crippen LogP contribution in [-0.4, -0.2) is 10.2 Å². The molecule has 2 heteroatoms. The molecule has 16 heavy (non-hydrogen) atoms. The monoisotopic (exact) mass is 230 g/mol. The third-order valence-corrected chi connectivity index (χ3v) is 1.35. The second-order valence-corrected chi connectivity index (χ2v) is 1.96. The normalized spacial score (nSPS) is 5.75. The van der Waals surface area contributed by atoms with Crippen LogP contribution in [0.2, 0.25) is 0 Å². The Hall–Kier alpha value is -1.31. The molecule has 0 radical (unpaired) electrons. The molecule has 0 aliphatic carbocycles. The molecule has 0 atom stereocenters. The fraction of sp³-hybridized carbons (Fsp3) is 0.500. The van der Waals surface area contributed by atoms with Gasteiger partial charge in [0.2, 0.25) is 0 Å². The molecule has 0 spiro atoms. The van der Waals surface area contributed by atoms with Crippen molar-refractivity contribution in [2.45, 2.75) is 52.0 Å². The second-order valence-electron chi connectivity index (χ2n) is 1.96. The SMILES string of the molecule is C.C.C.C.C.C.C.c1ccc2[nH]ncc2c1. The van der Waals surface area contributed by atoms with Gasteiger partial charge in [0.05, 0.1) is 11.7 Å². The Morgan fingerprint density at radius 1 is 0.750 bits per heavy atom. The molecule has 1 heterocycles. The third kappa shape index (κ3) is 7.04. The maximum Gasteiger partial charge on any atom is 0.0650 e. The molecule has 2 nitrogen and oxygen atoms in total. The van der Waals surface area contributed by atoms with E-state index in [0.717, 1.165) is 10.9 Å². The summed E-state index contributed by atoms with van der Waals surface area (Å²) in [4.78, 5) is 0. The van der Waals surface area contributed by atoms with E-state index in [1.807, 2.05) is 30.5 Å². The minimum atomic E-state index is 0. The fourth-order valence-corrected chi connectivity index (χ4v) is 0.883. The van der Waals surface area contributed by atoms with E-state index in [-0.39, 0.29) is 52.0 Å². The highest BCUT2D eigenvalue weighted by atomic mass is 15.1. The summed E-state index contributed by atoms with van der Waals surface area (Å²) in [5.74, 6) is 0. The van der Waals surface area contributed by atoms with E-state index in [1.54, 1.807) is 0 Å². The van der Waals surface area contributed by atoms with Gasteiger partial charge in [0.25, 0.3) is 0 Å². The van der Waals surface area contributed by atoms with Gasteiger partial charge in [0, 0.05) is 5.39 Å². The number of fused-ring (bicyclic) bond motifs is 1. The number of nitrogens with zero attached hydrogens (tertiary/aromatic N) is 1. The van der Waals surface area contributed by atoms with Crippen LogP contribution in [0, 0.1) is 0 Å². The van der Waals surface area contributed by atoms with Crippen LogP contribution in [0.5, 0.6) is 0 Å². The van der Waals surface area contributed by atoms with Crippen LogP contribution < -0.4 is 0 Å². The lowest BCUT2D eigenvalue weighted by molar-refractivity contribution is 1.12. The van der Waals surface area contributed by atoms with Gasteiger partial charge in [-0.05, 0) is 6.07 Å². The molecule has 0 bridgehead atoms. The van der Waals surface area contributed by atoms with Crippen molar-refractivity contribution in [3.63, 3.8) is 0 Å². The maximum atomic E-state index is 3.88. The molecule has 0 aliphatic rings. The lowest BCUT2D eigenvalue weighted by Gasteiger charge is -1.81. The summed E-state index contributed by atoms with van der Waals surface area (Å²) in [5, 5.41) is 7.91. The van der Waals surface area contributed by atoms with Gasteiger partial charge in [-0.2, -0.15) is 5.10 Å². The van der Waals surface area contributed by atoms with Crippen molar-refractivity contribution in [3.8, 4) is 0 Å². The van der Waals surface area contributed by atoms with Crippen molar-refractivity contribution in [1.82, 2.24) is 10.2 Å². The zero-order valence-corrected chi connectivity index (χ0v) is 4.83. The number of para-hydroxylation sites is 1. The minimum Gasteiger partial charge on any atom is -0.278 e. The molecule has 1 N–H and O–H groups in total. The van der Waals surface area contributed by atoms with Crippen molar-refractivity contribution in [1.29, 1.82) is 0 Å². The quantitative estimate of drug-likeness (QED) is 0.589. The summed E-state index contributed by atoms with van der Waals surface area (Å²) in [6.45, 7) is 0. The third-order valence-electron chi connectivity index (χ3n) is 1.35. The molecule has 1 aromatic carbocycles. The Bertz CT molecular complexity index is 283. The lowest BCUT2D eigenvalue weighted by atomic mass is 10.3. The topological polar surface area (TPSA) is 28.7 Å². The van der Waals surface area contributed by atoms with Crippen molar-refractivity contribution in [2.24, 2.45) is 0 Å². The summed E-state index contributed by atoms with van der Waals surface area (Å²) in [7, 11) is 0. The predicted octanol–water partition coefficient (Wildman–Crippen LogP) is 6.02. The van der Waals surface area contributed by atoms with E-state index in [1.165, 1.54) is 0 Å². The van der Waals surface area contributed by atoms with Crippen molar-refractivity contribution >= 4 is 10.9 Å². The highest BCUT2D eigenvalue weighted by Gasteiger charge is 1.88. The van der Waals surface area contributed by atoms with Crippen LogP contribution in [0.4, 0.5) is 0 Å².